The lowest BCUT2D eigenvalue weighted by Crippen LogP contribution is -2.58. The van der Waals surface area contributed by atoms with E-state index in [1.807, 2.05) is 0 Å². The van der Waals surface area contributed by atoms with Crippen molar-refractivity contribution in [2.45, 2.75) is 44.1 Å². The molecule has 4 aliphatic carbocycles. The van der Waals surface area contributed by atoms with Crippen molar-refractivity contribution < 1.29 is 24.4 Å². The van der Waals surface area contributed by atoms with Crippen LogP contribution in [0.15, 0.2) is 18.2 Å². The van der Waals surface area contributed by atoms with E-state index in [1.165, 1.54) is 12.1 Å². The van der Waals surface area contributed by atoms with Gasteiger partial charge in [0.2, 0.25) is 0 Å². The maximum atomic E-state index is 12.8. The summed E-state index contributed by atoms with van der Waals surface area (Å²) in [5.74, 6) is -0.324. The van der Waals surface area contributed by atoms with Gasteiger partial charge in [0.25, 0.3) is 11.6 Å². The minimum atomic E-state index is -0.780. The van der Waals surface area contributed by atoms with Crippen LogP contribution < -0.4 is 5.32 Å². The van der Waals surface area contributed by atoms with Crippen molar-refractivity contribution in [3.05, 3.63) is 33.3 Å². The van der Waals surface area contributed by atoms with Crippen molar-refractivity contribution in [3.8, 4) is 0 Å². The van der Waals surface area contributed by atoms with Crippen LogP contribution in [-0.2, 0) is 14.3 Å². The zero-order valence-corrected chi connectivity index (χ0v) is 15.9. The molecule has 4 bridgehead atoms. The lowest BCUT2D eigenvalue weighted by molar-refractivity contribution is -0.384. The van der Waals surface area contributed by atoms with Crippen LogP contribution in [0.1, 0.15) is 38.5 Å². The number of non-ortho nitro benzene ring substituents is 1. The lowest BCUT2D eigenvalue weighted by atomic mass is 9.48. The second-order valence-corrected chi connectivity index (χ2v) is 8.92. The number of nitro groups is 1. The van der Waals surface area contributed by atoms with Crippen LogP contribution in [0.5, 0.6) is 0 Å². The van der Waals surface area contributed by atoms with Gasteiger partial charge in [0.15, 0.2) is 6.61 Å². The summed E-state index contributed by atoms with van der Waals surface area (Å²) in [5.41, 5.74) is -1.45. The second kappa shape index (κ2) is 6.70. The van der Waals surface area contributed by atoms with E-state index in [9.17, 15) is 24.8 Å². The molecule has 0 unspecified atom stereocenters. The Bertz CT molecular complexity index is 843. The van der Waals surface area contributed by atoms with Gasteiger partial charge in [-0.2, -0.15) is 0 Å². The number of carbonyl (C=O) groups is 2. The minimum absolute atomic E-state index is 0.0252. The summed E-state index contributed by atoms with van der Waals surface area (Å²) < 4.78 is 5.29. The van der Waals surface area contributed by atoms with Gasteiger partial charge >= 0.3 is 5.97 Å². The van der Waals surface area contributed by atoms with Gasteiger partial charge in [-0.05, 0) is 56.4 Å². The maximum Gasteiger partial charge on any atom is 0.312 e. The number of esters is 1. The number of halogens is 1. The average molecular weight is 409 g/mol. The van der Waals surface area contributed by atoms with E-state index in [-0.39, 0.29) is 16.4 Å². The normalized spacial score (nSPS) is 32.8. The Balaban J connectivity index is 1.36. The van der Waals surface area contributed by atoms with E-state index in [0.717, 1.165) is 25.3 Å². The molecule has 1 aromatic rings. The van der Waals surface area contributed by atoms with Gasteiger partial charge in [-0.3, -0.25) is 19.7 Å². The molecule has 8 nitrogen and oxygen atoms in total. The first kappa shape index (κ1) is 19.1. The third kappa shape index (κ3) is 3.46. The fourth-order valence-corrected chi connectivity index (χ4v) is 5.86. The summed E-state index contributed by atoms with van der Waals surface area (Å²) in [5, 5.41) is 24.0. The highest BCUT2D eigenvalue weighted by atomic mass is 35.5. The summed E-state index contributed by atoms with van der Waals surface area (Å²) in [6.45, 7) is -0.471. The maximum absolute atomic E-state index is 12.8. The summed E-state index contributed by atoms with van der Waals surface area (Å²) in [7, 11) is 0. The highest BCUT2D eigenvalue weighted by Crippen LogP contribution is 2.61. The van der Waals surface area contributed by atoms with Crippen LogP contribution in [-0.4, -0.2) is 34.1 Å². The van der Waals surface area contributed by atoms with Crippen LogP contribution >= 0.6 is 11.6 Å². The van der Waals surface area contributed by atoms with Gasteiger partial charge in [-0.15, -0.1) is 0 Å². The molecule has 4 aliphatic rings. The van der Waals surface area contributed by atoms with Gasteiger partial charge in [0.1, 0.15) is 0 Å². The monoisotopic (exact) mass is 408 g/mol. The number of rotatable bonds is 5. The molecule has 9 heteroatoms. The van der Waals surface area contributed by atoms with Gasteiger partial charge in [-0.1, -0.05) is 11.6 Å². The van der Waals surface area contributed by atoms with Crippen molar-refractivity contribution in [3.63, 3.8) is 0 Å². The van der Waals surface area contributed by atoms with E-state index in [4.69, 9.17) is 16.3 Å². The molecular weight excluding hydrogens is 388 g/mol. The first-order chi connectivity index (χ1) is 13.2. The van der Waals surface area contributed by atoms with Crippen LogP contribution in [0.25, 0.3) is 0 Å². The molecule has 1 aromatic carbocycles. The predicted molar refractivity (Wildman–Crippen MR) is 99.8 cm³/mol. The summed E-state index contributed by atoms with van der Waals surface area (Å²) >= 11 is 5.95. The number of ether oxygens (including phenoxy) is 1. The van der Waals surface area contributed by atoms with E-state index in [1.54, 1.807) is 0 Å². The Morgan fingerprint density at radius 1 is 1.29 bits per heavy atom. The Kier molecular flexibility index (Phi) is 4.58. The number of nitro benzene ring substituents is 1. The highest BCUT2D eigenvalue weighted by Gasteiger charge is 2.60. The standard InChI is InChI=1S/C19H21ClN2O6/c20-14-4-13(22(26)27)1-2-15(14)21-16(23)9-28-17(24)18-5-11-3-12(6-18)8-19(25,7-11)10-18/h1-2,4,11-12,25H,3,5-10H2,(H,21,23)/t11-,12-,18?,19?/m1/s1. The molecule has 2 N–H and O–H groups in total. The third-order valence-electron chi connectivity index (χ3n) is 6.24. The molecular formula is C19H21ClN2O6. The first-order valence-electron chi connectivity index (χ1n) is 9.31. The zero-order valence-electron chi connectivity index (χ0n) is 15.2. The molecule has 4 saturated carbocycles. The van der Waals surface area contributed by atoms with Crippen LogP contribution in [0.2, 0.25) is 5.02 Å². The summed E-state index contributed by atoms with van der Waals surface area (Å²) in [4.78, 5) is 35.1. The molecule has 0 heterocycles. The second-order valence-electron chi connectivity index (χ2n) is 8.51. The highest BCUT2D eigenvalue weighted by molar-refractivity contribution is 6.34. The summed E-state index contributed by atoms with van der Waals surface area (Å²) in [6, 6.07) is 3.69. The number of amides is 1. The van der Waals surface area contributed by atoms with Gasteiger partial charge in [0, 0.05) is 12.1 Å². The molecule has 0 aromatic heterocycles. The third-order valence-corrected chi connectivity index (χ3v) is 6.55. The van der Waals surface area contributed by atoms with E-state index in [0.29, 0.717) is 31.1 Å². The number of hydrogen-bond donors (Lipinski definition) is 2. The van der Waals surface area contributed by atoms with Crippen molar-refractivity contribution in [1.82, 2.24) is 0 Å². The molecule has 0 aliphatic heterocycles. The zero-order chi connectivity index (χ0) is 20.1. The molecule has 150 valence electrons. The van der Waals surface area contributed by atoms with Crippen molar-refractivity contribution in [1.29, 1.82) is 0 Å². The van der Waals surface area contributed by atoms with Crippen LogP contribution in [0, 0.1) is 27.4 Å². The van der Waals surface area contributed by atoms with Crippen molar-refractivity contribution in [2.75, 3.05) is 11.9 Å². The molecule has 0 radical (unpaired) electrons. The number of hydrogen-bond acceptors (Lipinski definition) is 6. The van der Waals surface area contributed by atoms with Gasteiger partial charge < -0.3 is 15.2 Å². The number of nitrogens with one attached hydrogen (secondary N) is 1. The Morgan fingerprint density at radius 3 is 2.54 bits per heavy atom. The summed E-state index contributed by atoms with van der Waals surface area (Å²) in [6.07, 6.45) is 4.37. The fourth-order valence-electron chi connectivity index (χ4n) is 5.64. The van der Waals surface area contributed by atoms with Gasteiger partial charge in [0.05, 0.1) is 26.6 Å². The SMILES string of the molecule is O=C(COC(=O)C12C[C@H]3C[C@@H](CC(O)(C3)C1)C2)Nc1ccc([N+](=O)[O-])cc1Cl. The largest absolute Gasteiger partial charge is 0.455 e. The number of carbonyl (C=O) groups excluding carboxylic acids is 2. The van der Waals surface area contributed by atoms with Crippen molar-refractivity contribution >= 4 is 34.9 Å². The fraction of sp³-hybridized carbons (Fsp3) is 0.579. The molecule has 28 heavy (non-hydrogen) atoms. The molecule has 1 amide bonds. The molecule has 0 saturated heterocycles. The molecule has 4 fully saturated rings. The Morgan fingerprint density at radius 2 is 1.96 bits per heavy atom. The van der Waals surface area contributed by atoms with Gasteiger partial charge in [-0.25, -0.2) is 0 Å². The quantitative estimate of drug-likeness (QED) is 0.439. The average Bonchev–Trinajstić information content (AvgIpc) is 2.59. The Labute approximate surface area is 166 Å². The predicted octanol–water partition coefficient (Wildman–Crippen LogP) is 3.06. The van der Waals surface area contributed by atoms with Crippen LogP contribution in [0.4, 0.5) is 11.4 Å². The topological polar surface area (TPSA) is 119 Å². The van der Waals surface area contributed by atoms with Crippen molar-refractivity contribution in [2.24, 2.45) is 17.3 Å². The van der Waals surface area contributed by atoms with E-state index >= 15 is 0 Å². The minimum Gasteiger partial charge on any atom is -0.455 e. The molecule has 2 atom stereocenters. The smallest absolute Gasteiger partial charge is 0.312 e. The lowest BCUT2D eigenvalue weighted by Gasteiger charge is -2.58. The number of aliphatic hydroxyl groups is 1. The first-order valence-corrected chi connectivity index (χ1v) is 9.69. The van der Waals surface area contributed by atoms with Crippen LogP contribution in [0.3, 0.4) is 0 Å². The molecule has 5 rings (SSSR count). The molecule has 0 spiro atoms. The number of anilines is 1. The number of nitrogens with zero attached hydrogens (tertiary/aromatic N) is 1. The number of benzene rings is 1. The van der Waals surface area contributed by atoms with E-state index in [2.05, 4.69) is 5.32 Å². The van der Waals surface area contributed by atoms with E-state index < -0.39 is 34.4 Å². The Hall–Kier alpha value is -2.19.